The maximum atomic E-state index is 11.2. The van der Waals surface area contributed by atoms with E-state index in [1.54, 1.807) is 29.7 Å². The Morgan fingerprint density at radius 1 is 1.21 bits per heavy atom. The second kappa shape index (κ2) is 6.66. The molecule has 0 bridgehead atoms. The Morgan fingerprint density at radius 3 is 2.58 bits per heavy atom. The first-order valence-electron chi connectivity index (χ1n) is 7.22. The number of aryl methyl sites for hydroxylation is 1. The summed E-state index contributed by atoms with van der Waals surface area (Å²) >= 11 is 1.57. The van der Waals surface area contributed by atoms with Gasteiger partial charge >= 0.3 is 0 Å². The first kappa shape index (κ1) is 16.5. The van der Waals surface area contributed by atoms with Crippen molar-refractivity contribution < 1.29 is 12.8 Å². The fourth-order valence-electron chi connectivity index (χ4n) is 2.23. The van der Waals surface area contributed by atoms with Gasteiger partial charge in [-0.1, -0.05) is 12.1 Å². The first-order chi connectivity index (χ1) is 11.4. The van der Waals surface area contributed by atoms with E-state index < -0.39 is 10.0 Å². The molecule has 0 saturated heterocycles. The van der Waals surface area contributed by atoms with Crippen LogP contribution in [0.4, 0.5) is 10.8 Å². The van der Waals surface area contributed by atoms with E-state index in [2.05, 4.69) is 15.0 Å². The van der Waals surface area contributed by atoms with Gasteiger partial charge in [-0.25, -0.2) is 13.4 Å². The van der Waals surface area contributed by atoms with Gasteiger partial charge in [0.05, 0.1) is 24.8 Å². The van der Waals surface area contributed by atoms with Crippen molar-refractivity contribution in [1.82, 2.24) is 4.98 Å². The van der Waals surface area contributed by atoms with Crippen molar-refractivity contribution in [3.8, 4) is 11.3 Å². The van der Waals surface area contributed by atoms with E-state index in [9.17, 15) is 8.42 Å². The predicted molar refractivity (Wildman–Crippen MR) is 96.8 cm³/mol. The molecule has 0 saturated carbocycles. The van der Waals surface area contributed by atoms with Crippen molar-refractivity contribution in [2.75, 3.05) is 16.3 Å². The standard InChI is InChI=1S/C16H17N3O3S2/c1-11-15(12-5-7-13(8-6-12)19-24(2,20)21)18-16(23-11)17-10-14-4-3-9-22-14/h3-9,19H,10H2,1-2H3,(H,17,18). The van der Waals surface area contributed by atoms with E-state index in [1.165, 1.54) is 0 Å². The van der Waals surface area contributed by atoms with E-state index in [1.807, 2.05) is 31.2 Å². The van der Waals surface area contributed by atoms with Crippen LogP contribution in [-0.2, 0) is 16.6 Å². The van der Waals surface area contributed by atoms with Crippen molar-refractivity contribution in [3.05, 3.63) is 53.3 Å². The number of hydrogen-bond acceptors (Lipinski definition) is 6. The molecule has 0 amide bonds. The number of aromatic nitrogens is 1. The molecule has 126 valence electrons. The molecule has 0 fully saturated rings. The van der Waals surface area contributed by atoms with Crippen LogP contribution < -0.4 is 10.0 Å². The van der Waals surface area contributed by atoms with Gasteiger partial charge in [0.1, 0.15) is 5.76 Å². The Morgan fingerprint density at radius 2 is 1.96 bits per heavy atom. The van der Waals surface area contributed by atoms with Gasteiger partial charge in [-0.05, 0) is 31.2 Å². The Labute approximate surface area is 144 Å². The number of anilines is 2. The molecule has 0 aliphatic carbocycles. The summed E-state index contributed by atoms with van der Waals surface area (Å²) < 4.78 is 30.2. The second-order valence-corrected chi connectivity index (χ2v) is 8.26. The molecule has 2 aromatic heterocycles. The molecule has 24 heavy (non-hydrogen) atoms. The summed E-state index contributed by atoms with van der Waals surface area (Å²) in [5.41, 5.74) is 2.35. The molecule has 0 spiro atoms. The fraction of sp³-hybridized carbons (Fsp3) is 0.188. The van der Waals surface area contributed by atoms with Crippen LogP contribution in [0.2, 0.25) is 0 Å². The predicted octanol–water partition coefficient (Wildman–Crippen LogP) is 3.70. The Bertz CT molecular complexity index is 914. The molecule has 3 aromatic rings. The zero-order valence-corrected chi connectivity index (χ0v) is 14.9. The van der Waals surface area contributed by atoms with Crippen LogP contribution in [0, 0.1) is 6.92 Å². The lowest BCUT2D eigenvalue weighted by molar-refractivity contribution is 0.518. The molecule has 2 N–H and O–H groups in total. The van der Waals surface area contributed by atoms with Crippen LogP contribution in [0.1, 0.15) is 10.6 Å². The number of thiazole rings is 1. The van der Waals surface area contributed by atoms with Crippen molar-refractivity contribution in [3.63, 3.8) is 0 Å². The largest absolute Gasteiger partial charge is 0.467 e. The fourth-order valence-corrected chi connectivity index (χ4v) is 3.62. The van der Waals surface area contributed by atoms with E-state index in [0.29, 0.717) is 12.2 Å². The summed E-state index contributed by atoms with van der Waals surface area (Å²) in [5.74, 6) is 0.848. The number of sulfonamides is 1. The van der Waals surface area contributed by atoms with Crippen LogP contribution in [-0.4, -0.2) is 19.7 Å². The van der Waals surface area contributed by atoms with Gasteiger partial charge in [0, 0.05) is 16.1 Å². The summed E-state index contributed by atoms with van der Waals surface area (Å²) in [5, 5.41) is 4.06. The zero-order chi connectivity index (χ0) is 17.2. The van der Waals surface area contributed by atoms with Crippen LogP contribution in [0.15, 0.2) is 47.1 Å². The van der Waals surface area contributed by atoms with E-state index in [-0.39, 0.29) is 0 Å². The monoisotopic (exact) mass is 363 g/mol. The average Bonchev–Trinajstić information content (AvgIpc) is 3.14. The minimum Gasteiger partial charge on any atom is -0.467 e. The lowest BCUT2D eigenvalue weighted by Crippen LogP contribution is -2.09. The number of hydrogen-bond donors (Lipinski definition) is 2. The highest BCUT2D eigenvalue weighted by molar-refractivity contribution is 7.92. The Hall–Kier alpha value is -2.32. The zero-order valence-electron chi connectivity index (χ0n) is 13.2. The van der Waals surface area contributed by atoms with Gasteiger partial charge < -0.3 is 9.73 Å². The third-order valence-electron chi connectivity index (χ3n) is 3.25. The third-order valence-corrected chi connectivity index (χ3v) is 4.79. The molecular weight excluding hydrogens is 346 g/mol. The lowest BCUT2D eigenvalue weighted by atomic mass is 10.1. The van der Waals surface area contributed by atoms with Crippen molar-refractivity contribution in [1.29, 1.82) is 0 Å². The summed E-state index contributed by atoms with van der Waals surface area (Å²) in [6, 6.07) is 10.9. The first-order valence-corrected chi connectivity index (χ1v) is 9.93. The van der Waals surface area contributed by atoms with E-state index >= 15 is 0 Å². The maximum Gasteiger partial charge on any atom is 0.229 e. The molecular formula is C16H17N3O3S2. The van der Waals surface area contributed by atoms with Gasteiger partial charge in [0.2, 0.25) is 10.0 Å². The number of nitrogens with one attached hydrogen (secondary N) is 2. The second-order valence-electron chi connectivity index (χ2n) is 5.31. The van der Waals surface area contributed by atoms with Crippen LogP contribution in [0.25, 0.3) is 11.3 Å². The van der Waals surface area contributed by atoms with Gasteiger partial charge in [-0.3, -0.25) is 4.72 Å². The highest BCUT2D eigenvalue weighted by atomic mass is 32.2. The highest BCUT2D eigenvalue weighted by Crippen LogP contribution is 2.31. The Kier molecular flexibility index (Phi) is 4.59. The minimum atomic E-state index is -3.27. The van der Waals surface area contributed by atoms with Gasteiger partial charge in [0.15, 0.2) is 5.13 Å². The molecule has 1 aromatic carbocycles. The van der Waals surface area contributed by atoms with Crippen molar-refractivity contribution >= 4 is 32.2 Å². The molecule has 0 aliphatic heterocycles. The van der Waals surface area contributed by atoms with Gasteiger partial charge in [0.25, 0.3) is 0 Å². The van der Waals surface area contributed by atoms with Crippen LogP contribution in [0.3, 0.4) is 0 Å². The summed E-state index contributed by atoms with van der Waals surface area (Å²) in [6.07, 6.45) is 2.77. The maximum absolute atomic E-state index is 11.2. The molecule has 6 nitrogen and oxygen atoms in total. The normalized spacial score (nSPS) is 11.4. The highest BCUT2D eigenvalue weighted by Gasteiger charge is 2.11. The average molecular weight is 363 g/mol. The molecule has 0 atom stereocenters. The van der Waals surface area contributed by atoms with Crippen molar-refractivity contribution in [2.45, 2.75) is 13.5 Å². The molecule has 3 rings (SSSR count). The van der Waals surface area contributed by atoms with Crippen molar-refractivity contribution in [2.24, 2.45) is 0 Å². The van der Waals surface area contributed by atoms with Gasteiger partial charge in [-0.2, -0.15) is 0 Å². The number of benzene rings is 1. The quantitative estimate of drug-likeness (QED) is 0.698. The van der Waals surface area contributed by atoms with Crippen LogP contribution in [0.5, 0.6) is 0 Å². The summed E-state index contributed by atoms with van der Waals surface area (Å²) in [7, 11) is -3.27. The van der Waals surface area contributed by atoms with E-state index in [4.69, 9.17) is 4.42 Å². The molecule has 0 aliphatic rings. The molecule has 0 radical (unpaired) electrons. The number of nitrogens with zero attached hydrogens (tertiary/aromatic N) is 1. The van der Waals surface area contributed by atoms with Crippen LogP contribution >= 0.6 is 11.3 Å². The number of rotatable bonds is 6. The minimum absolute atomic E-state index is 0.533. The summed E-state index contributed by atoms with van der Waals surface area (Å²) in [6.45, 7) is 2.59. The smallest absolute Gasteiger partial charge is 0.229 e. The molecule has 2 heterocycles. The third kappa shape index (κ3) is 4.15. The lowest BCUT2D eigenvalue weighted by Gasteiger charge is -2.05. The number of furan rings is 1. The molecule has 0 unspecified atom stereocenters. The Balaban J connectivity index is 1.74. The van der Waals surface area contributed by atoms with Gasteiger partial charge in [-0.15, -0.1) is 11.3 Å². The summed E-state index contributed by atoms with van der Waals surface area (Å²) in [4.78, 5) is 5.69. The SMILES string of the molecule is Cc1sc(NCc2ccco2)nc1-c1ccc(NS(C)(=O)=O)cc1. The molecule has 8 heteroatoms. The topological polar surface area (TPSA) is 84.2 Å². The van der Waals surface area contributed by atoms with E-state index in [0.717, 1.165) is 33.3 Å².